The van der Waals surface area contributed by atoms with Crippen LogP contribution in [0.2, 0.25) is 0 Å². The molecule has 0 saturated carbocycles. The second kappa shape index (κ2) is 5.01. The van der Waals surface area contributed by atoms with E-state index in [9.17, 15) is 0 Å². The van der Waals surface area contributed by atoms with Gasteiger partial charge in [0.15, 0.2) is 5.76 Å². The Morgan fingerprint density at radius 3 is 2.82 bits per heavy atom. The van der Waals surface area contributed by atoms with Crippen molar-refractivity contribution in [2.45, 2.75) is 20.0 Å². The first-order valence-electron chi connectivity index (χ1n) is 5.61. The van der Waals surface area contributed by atoms with E-state index in [2.05, 4.69) is 35.2 Å². The summed E-state index contributed by atoms with van der Waals surface area (Å²) in [6.45, 7) is 3.19. The second-order valence-corrected chi connectivity index (χ2v) is 4.18. The van der Waals surface area contributed by atoms with E-state index in [0.29, 0.717) is 13.1 Å². The minimum Gasteiger partial charge on any atom is -0.367 e. The molecule has 4 nitrogen and oxygen atoms in total. The number of benzene rings is 1. The highest BCUT2D eigenvalue weighted by atomic mass is 16.5. The van der Waals surface area contributed by atoms with Crippen molar-refractivity contribution in [3.05, 3.63) is 47.3 Å². The molecule has 4 heteroatoms. The van der Waals surface area contributed by atoms with E-state index in [1.165, 1.54) is 5.56 Å². The normalized spacial score (nSPS) is 10.5. The number of aryl methyl sites for hydroxylation is 1. The average Bonchev–Trinajstić information content (AvgIpc) is 2.77. The van der Waals surface area contributed by atoms with Gasteiger partial charge in [0, 0.05) is 25.3 Å². The van der Waals surface area contributed by atoms with Gasteiger partial charge in [-0.1, -0.05) is 17.3 Å². The van der Waals surface area contributed by atoms with Crippen LogP contribution in [0.25, 0.3) is 0 Å². The summed E-state index contributed by atoms with van der Waals surface area (Å²) in [5, 5.41) is 3.87. The third-order valence-electron chi connectivity index (χ3n) is 2.65. The average molecular weight is 231 g/mol. The van der Waals surface area contributed by atoms with Crippen LogP contribution in [0, 0.1) is 6.92 Å². The number of hydrogen-bond donors (Lipinski definition) is 1. The number of hydrogen-bond acceptors (Lipinski definition) is 4. The molecule has 0 atom stereocenters. The van der Waals surface area contributed by atoms with Crippen LogP contribution in [0.15, 0.2) is 34.9 Å². The van der Waals surface area contributed by atoms with Gasteiger partial charge in [-0.2, -0.15) is 0 Å². The lowest BCUT2D eigenvalue weighted by molar-refractivity contribution is 0.377. The maximum Gasteiger partial charge on any atom is 0.156 e. The van der Waals surface area contributed by atoms with Crippen molar-refractivity contribution in [1.29, 1.82) is 0 Å². The van der Waals surface area contributed by atoms with E-state index >= 15 is 0 Å². The summed E-state index contributed by atoms with van der Waals surface area (Å²) in [5.41, 5.74) is 8.69. The van der Waals surface area contributed by atoms with E-state index in [1.807, 2.05) is 19.2 Å². The SMILES string of the molecule is Cc1cccc(N(C)Cc2cc(CN)no2)c1. The fraction of sp³-hybridized carbons (Fsp3) is 0.308. The lowest BCUT2D eigenvalue weighted by Crippen LogP contribution is -2.15. The Kier molecular flexibility index (Phi) is 3.44. The fourth-order valence-corrected chi connectivity index (χ4v) is 1.72. The highest BCUT2D eigenvalue weighted by Crippen LogP contribution is 2.17. The molecule has 17 heavy (non-hydrogen) atoms. The molecule has 0 fully saturated rings. The highest BCUT2D eigenvalue weighted by molar-refractivity contribution is 5.47. The summed E-state index contributed by atoms with van der Waals surface area (Å²) in [6.07, 6.45) is 0. The Bertz CT molecular complexity index is 493. The molecule has 90 valence electrons. The summed E-state index contributed by atoms with van der Waals surface area (Å²) >= 11 is 0. The van der Waals surface area contributed by atoms with E-state index in [4.69, 9.17) is 10.3 Å². The number of anilines is 1. The van der Waals surface area contributed by atoms with Crippen LogP contribution >= 0.6 is 0 Å². The molecule has 2 rings (SSSR count). The minimum absolute atomic E-state index is 0.414. The van der Waals surface area contributed by atoms with E-state index in [-0.39, 0.29) is 0 Å². The molecule has 0 bridgehead atoms. The van der Waals surface area contributed by atoms with Gasteiger partial charge >= 0.3 is 0 Å². The maximum absolute atomic E-state index is 5.49. The van der Waals surface area contributed by atoms with Crippen molar-refractivity contribution in [2.24, 2.45) is 5.73 Å². The molecule has 1 aromatic carbocycles. The third-order valence-corrected chi connectivity index (χ3v) is 2.65. The van der Waals surface area contributed by atoms with E-state index in [1.54, 1.807) is 0 Å². The Morgan fingerprint density at radius 2 is 2.18 bits per heavy atom. The van der Waals surface area contributed by atoms with Crippen molar-refractivity contribution in [3.63, 3.8) is 0 Å². The minimum atomic E-state index is 0.414. The first-order valence-corrected chi connectivity index (χ1v) is 5.61. The van der Waals surface area contributed by atoms with Crippen molar-refractivity contribution in [2.75, 3.05) is 11.9 Å². The topological polar surface area (TPSA) is 55.3 Å². The standard InChI is InChI=1S/C13H17N3O/c1-10-4-3-5-12(6-10)16(2)9-13-7-11(8-14)15-17-13/h3-7H,8-9,14H2,1-2H3. The summed E-state index contributed by atoms with van der Waals surface area (Å²) in [4.78, 5) is 2.12. The van der Waals surface area contributed by atoms with Gasteiger partial charge in [0.1, 0.15) is 0 Å². The van der Waals surface area contributed by atoms with Crippen molar-refractivity contribution < 1.29 is 4.52 Å². The molecular weight excluding hydrogens is 214 g/mol. The second-order valence-electron chi connectivity index (χ2n) is 4.18. The largest absolute Gasteiger partial charge is 0.367 e. The molecule has 0 amide bonds. The van der Waals surface area contributed by atoms with Gasteiger partial charge in [0.2, 0.25) is 0 Å². The molecule has 0 radical (unpaired) electrons. The third kappa shape index (κ3) is 2.85. The summed E-state index contributed by atoms with van der Waals surface area (Å²) in [6, 6.07) is 10.2. The molecule has 2 N–H and O–H groups in total. The van der Waals surface area contributed by atoms with Gasteiger partial charge < -0.3 is 15.2 Å². The lowest BCUT2D eigenvalue weighted by atomic mass is 10.2. The van der Waals surface area contributed by atoms with Gasteiger partial charge in [-0.15, -0.1) is 0 Å². The molecule has 1 aromatic heterocycles. The van der Waals surface area contributed by atoms with Crippen LogP contribution in [-0.2, 0) is 13.1 Å². The van der Waals surface area contributed by atoms with Crippen molar-refractivity contribution in [3.8, 4) is 0 Å². The van der Waals surface area contributed by atoms with Crippen LogP contribution in [0.1, 0.15) is 17.0 Å². The van der Waals surface area contributed by atoms with Crippen molar-refractivity contribution >= 4 is 5.69 Å². The quantitative estimate of drug-likeness (QED) is 0.875. The Balaban J connectivity index is 2.08. The number of rotatable bonds is 4. The van der Waals surface area contributed by atoms with E-state index in [0.717, 1.165) is 17.1 Å². The van der Waals surface area contributed by atoms with Crippen LogP contribution in [-0.4, -0.2) is 12.2 Å². The smallest absolute Gasteiger partial charge is 0.156 e. The molecule has 0 aliphatic carbocycles. The van der Waals surface area contributed by atoms with Crippen molar-refractivity contribution in [1.82, 2.24) is 5.16 Å². The van der Waals surface area contributed by atoms with Crippen LogP contribution in [0.3, 0.4) is 0 Å². The molecule has 0 unspecified atom stereocenters. The van der Waals surface area contributed by atoms with Gasteiger partial charge in [-0.05, 0) is 24.6 Å². The predicted molar refractivity (Wildman–Crippen MR) is 67.7 cm³/mol. The molecule has 1 heterocycles. The van der Waals surface area contributed by atoms with Crippen LogP contribution in [0.4, 0.5) is 5.69 Å². The van der Waals surface area contributed by atoms with Gasteiger partial charge in [0.25, 0.3) is 0 Å². The summed E-state index contributed by atoms with van der Waals surface area (Å²) in [7, 11) is 2.03. The molecule has 0 aliphatic heterocycles. The van der Waals surface area contributed by atoms with Crippen LogP contribution in [0.5, 0.6) is 0 Å². The van der Waals surface area contributed by atoms with Gasteiger partial charge in [0.05, 0.1) is 12.2 Å². The lowest BCUT2D eigenvalue weighted by Gasteiger charge is -2.17. The molecular formula is C13H17N3O. The molecule has 0 aliphatic rings. The zero-order valence-corrected chi connectivity index (χ0v) is 10.2. The Hall–Kier alpha value is -1.81. The number of nitrogens with zero attached hydrogens (tertiary/aromatic N) is 2. The highest BCUT2D eigenvalue weighted by Gasteiger charge is 2.07. The predicted octanol–water partition coefficient (Wildman–Crippen LogP) is 2.08. The van der Waals surface area contributed by atoms with Gasteiger partial charge in [-0.3, -0.25) is 0 Å². The first kappa shape index (κ1) is 11.7. The fourth-order valence-electron chi connectivity index (χ4n) is 1.72. The zero-order valence-electron chi connectivity index (χ0n) is 10.2. The monoisotopic (exact) mass is 231 g/mol. The van der Waals surface area contributed by atoms with E-state index < -0.39 is 0 Å². The number of nitrogens with two attached hydrogens (primary N) is 1. The maximum atomic E-state index is 5.49. The molecule has 0 spiro atoms. The van der Waals surface area contributed by atoms with Gasteiger partial charge in [-0.25, -0.2) is 0 Å². The first-order chi connectivity index (χ1) is 8.19. The zero-order chi connectivity index (χ0) is 12.3. The summed E-state index contributed by atoms with van der Waals surface area (Å²) < 4.78 is 5.21. The molecule has 2 aromatic rings. The Morgan fingerprint density at radius 1 is 1.35 bits per heavy atom. The van der Waals surface area contributed by atoms with Crippen LogP contribution < -0.4 is 10.6 Å². The Labute approximate surface area is 101 Å². The summed E-state index contributed by atoms with van der Waals surface area (Å²) in [5.74, 6) is 0.828. The molecule has 0 saturated heterocycles. The number of aromatic nitrogens is 1.